The van der Waals surface area contributed by atoms with Crippen LogP contribution in [0.3, 0.4) is 0 Å². The third-order valence-electron chi connectivity index (χ3n) is 3.25. The Labute approximate surface area is 126 Å². The maximum absolute atomic E-state index is 13.4. The molecule has 0 saturated carbocycles. The standard InChI is InChI=1S/C15H24FNO3S/c1-4-17-12(3)14-8-7-13(16)11-15(14)20-9-6-10-21(18,19)5-2/h7-8,11-12,17H,4-6,9-10H2,1-3H3. The number of rotatable bonds is 9. The zero-order valence-electron chi connectivity index (χ0n) is 12.9. The van der Waals surface area contributed by atoms with Crippen molar-refractivity contribution in [3.05, 3.63) is 29.6 Å². The van der Waals surface area contributed by atoms with E-state index in [0.717, 1.165) is 12.1 Å². The molecule has 0 radical (unpaired) electrons. The van der Waals surface area contributed by atoms with Gasteiger partial charge in [0.15, 0.2) is 0 Å². The molecule has 0 aliphatic carbocycles. The van der Waals surface area contributed by atoms with Crippen LogP contribution in [0.15, 0.2) is 18.2 Å². The Hall–Kier alpha value is -1.14. The van der Waals surface area contributed by atoms with Crippen molar-refractivity contribution >= 4 is 9.84 Å². The lowest BCUT2D eigenvalue weighted by atomic mass is 10.1. The minimum absolute atomic E-state index is 0.0463. The predicted octanol–water partition coefficient (Wildman–Crippen LogP) is 2.70. The average molecular weight is 317 g/mol. The second-order valence-electron chi connectivity index (χ2n) is 4.90. The second kappa shape index (κ2) is 8.34. The van der Waals surface area contributed by atoms with Gasteiger partial charge in [0.25, 0.3) is 0 Å². The van der Waals surface area contributed by atoms with E-state index < -0.39 is 9.84 Å². The normalized spacial score (nSPS) is 13.1. The van der Waals surface area contributed by atoms with Crippen molar-refractivity contribution in [2.75, 3.05) is 24.7 Å². The maximum Gasteiger partial charge on any atom is 0.150 e. The highest BCUT2D eigenvalue weighted by Gasteiger charge is 2.13. The van der Waals surface area contributed by atoms with Crippen LogP contribution in [0.4, 0.5) is 4.39 Å². The highest BCUT2D eigenvalue weighted by molar-refractivity contribution is 7.91. The van der Waals surface area contributed by atoms with E-state index in [4.69, 9.17) is 4.74 Å². The molecule has 1 atom stereocenters. The third-order valence-corrected chi connectivity index (χ3v) is 5.04. The molecule has 0 fully saturated rings. The number of nitrogens with one attached hydrogen (secondary N) is 1. The highest BCUT2D eigenvalue weighted by atomic mass is 32.2. The number of ether oxygens (including phenoxy) is 1. The van der Waals surface area contributed by atoms with Gasteiger partial charge in [-0.1, -0.05) is 19.9 Å². The molecule has 1 unspecified atom stereocenters. The molecular formula is C15H24FNO3S. The second-order valence-corrected chi connectivity index (χ2v) is 7.37. The summed E-state index contributed by atoms with van der Waals surface area (Å²) in [6, 6.07) is 4.49. The summed E-state index contributed by atoms with van der Waals surface area (Å²) in [5, 5.41) is 3.25. The molecule has 0 bridgehead atoms. The topological polar surface area (TPSA) is 55.4 Å². The Morgan fingerprint density at radius 1 is 1.33 bits per heavy atom. The van der Waals surface area contributed by atoms with E-state index in [0.29, 0.717) is 12.2 Å². The molecule has 4 nitrogen and oxygen atoms in total. The maximum atomic E-state index is 13.4. The molecule has 21 heavy (non-hydrogen) atoms. The van der Waals surface area contributed by atoms with E-state index in [-0.39, 0.29) is 30.0 Å². The summed E-state index contributed by atoms with van der Waals surface area (Å²) in [6.07, 6.45) is 0.404. The quantitative estimate of drug-likeness (QED) is 0.712. The molecule has 1 aromatic carbocycles. The van der Waals surface area contributed by atoms with Crippen molar-refractivity contribution < 1.29 is 17.5 Å². The minimum atomic E-state index is -2.98. The van der Waals surface area contributed by atoms with Crippen molar-refractivity contribution in [1.29, 1.82) is 0 Å². The van der Waals surface area contributed by atoms with Gasteiger partial charge in [0, 0.05) is 23.4 Å². The number of hydrogen-bond acceptors (Lipinski definition) is 4. The van der Waals surface area contributed by atoms with Gasteiger partial charge in [0.2, 0.25) is 0 Å². The number of benzene rings is 1. The molecule has 1 N–H and O–H groups in total. The highest BCUT2D eigenvalue weighted by Crippen LogP contribution is 2.26. The summed E-state index contributed by atoms with van der Waals surface area (Å²) in [6.45, 7) is 6.65. The first-order valence-electron chi connectivity index (χ1n) is 7.25. The van der Waals surface area contributed by atoms with E-state index in [2.05, 4.69) is 5.32 Å². The zero-order chi connectivity index (χ0) is 15.9. The molecule has 0 heterocycles. The first-order chi connectivity index (χ1) is 9.89. The van der Waals surface area contributed by atoms with Crippen LogP contribution in [0.25, 0.3) is 0 Å². The Morgan fingerprint density at radius 2 is 2.05 bits per heavy atom. The van der Waals surface area contributed by atoms with Crippen molar-refractivity contribution in [2.45, 2.75) is 33.2 Å². The number of hydrogen-bond donors (Lipinski definition) is 1. The molecule has 0 aliphatic heterocycles. The molecule has 1 aromatic rings. The van der Waals surface area contributed by atoms with E-state index in [1.807, 2.05) is 13.8 Å². The van der Waals surface area contributed by atoms with Crippen LogP contribution in [-0.2, 0) is 9.84 Å². The first kappa shape index (κ1) is 17.9. The molecule has 1 rings (SSSR count). The van der Waals surface area contributed by atoms with Gasteiger partial charge in [-0.05, 0) is 26.0 Å². The smallest absolute Gasteiger partial charge is 0.150 e. The Balaban J connectivity index is 2.67. The molecular weight excluding hydrogens is 293 g/mol. The van der Waals surface area contributed by atoms with Gasteiger partial charge in [-0.2, -0.15) is 0 Å². The van der Waals surface area contributed by atoms with Crippen molar-refractivity contribution in [3.63, 3.8) is 0 Å². The summed E-state index contributed by atoms with van der Waals surface area (Å²) < 4.78 is 41.7. The lowest BCUT2D eigenvalue weighted by molar-refractivity contribution is 0.309. The summed E-state index contributed by atoms with van der Waals surface area (Å²) in [5.41, 5.74) is 0.872. The molecule has 120 valence electrons. The lowest BCUT2D eigenvalue weighted by Crippen LogP contribution is -2.19. The van der Waals surface area contributed by atoms with E-state index in [9.17, 15) is 12.8 Å². The molecule has 0 aliphatic rings. The van der Waals surface area contributed by atoms with Gasteiger partial charge in [0.05, 0.1) is 12.4 Å². The minimum Gasteiger partial charge on any atom is -0.493 e. The summed E-state index contributed by atoms with van der Waals surface area (Å²) in [4.78, 5) is 0. The SMILES string of the molecule is CCNC(C)c1ccc(F)cc1OCCCS(=O)(=O)CC. The molecule has 0 spiro atoms. The van der Waals surface area contributed by atoms with Crippen LogP contribution >= 0.6 is 0 Å². The summed E-state index contributed by atoms with van der Waals surface area (Å²) in [7, 11) is -2.98. The van der Waals surface area contributed by atoms with Crippen molar-refractivity contribution in [1.82, 2.24) is 5.32 Å². The Kier molecular flexibility index (Phi) is 7.11. The van der Waals surface area contributed by atoms with Gasteiger partial charge >= 0.3 is 0 Å². The largest absolute Gasteiger partial charge is 0.493 e. The third kappa shape index (κ3) is 6.01. The first-order valence-corrected chi connectivity index (χ1v) is 9.07. The lowest BCUT2D eigenvalue weighted by Gasteiger charge is -2.17. The van der Waals surface area contributed by atoms with Crippen LogP contribution in [0.5, 0.6) is 5.75 Å². The fourth-order valence-electron chi connectivity index (χ4n) is 2.01. The fraction of sp³-hybridized carbons (Fsp3) is 0.600. The van der Waals surface area contributed by atoms with Crippen LogP contribution in [0.2, 0.25) is 0 Å². The molecule has 0 amide bonds. The number of halogens is 1. The van der Waals surface area contributed by atoms with Gasteiger partial charge in [-0.15, -0.1) is 0 Å². The van der Waals surface area contributed by atoms with Gasteiger partial charge in [-0.25, -0.2) is 12.8 Å². The van der Waals surface area contributed by atoms with Gasteiger partial charge < -0.3 is 10.1 Å². The van der Waals surface area contributed by atoms with E-state index >= 15 is 0 Å². The Morgan fingerprint density at radius 3 is 2.67 bits per heavy atom. The monoisotopic (exact) mass is 317 g/mol. The van der Waals surface area contributed by atoms with Crippen molar-refractivity contribution in [2.24, 2.45) is 0 Å². The average Bonchev–Trinajstić information content (AvgIpc) is 2.44. The summed E-state index contributed by atoms with van der Waals surface area (Å²) >= 11 is 0. The number of sulfone groups is 1. The molecule has 6 heteroatoms. The molecule has 0 saturated heterocycles. The van der Waals surface area contributed by atoms with Crippen LogP contribution in [-0.4, -0.2) is 33.1 Å². The van der Waals surface area contributed by atoms with Gasteiger partial charge in [0.1, 0.15) is 21.4 Å². The van der Waals surface area contributed by atoms with E-state index in [1.165, 1.54) is 12.1 Å². The van der Waals surface area contributed by atoms with Crippen LogP contribution in [0, 0.1) is 5.82 Å². The zero-order valence-corrected chi connectivity index (χ0v) is 13.7. The van der Waals surface area contributed by atoms with Crippen LogP contribution < -0.4 is 10.1 Å². The van der Waals surface area contributed by atoms with Gasteiger partial charge in [-0.3, -0.25) is 0 Å². The van der Waals surface area contributed by atoms with Crippen molar-refractivity contribution in [3.8, 4) is 5.75 Å². The summed E-state index contributed by atoms with van der Waals surface area (Å²) in [5.74, 6) is 0.336. The van der Waals surface area contributed by atoms with E-state index in [1.54, 1.807) is 13.0 Å². The molecule has 0 aromatic heterocycles. The fourth-order valence-corrected chi connectivity index (χ4v) is 2.86. The Bertz CT molecular complexity index is 546. The van der Waals surface area contributed by atoms with Crippen LogP contribution in [0.1, 0.15) is 38.8 Å². The predicted molar refractivity (Wildman–Crippen MR) is 82.9 cm³/mol.